The summed E-state index contributed by atoms with van der Waals surface area (Å²) in [7, 11) is 0. The molecule has 21 heavy (non-hydrogen) atoms. The lowest BCUT2D eigenvalue weighted by atomic mass is 9.87. The number of fused-ring (bicyclic) bond motifs is 1. The van der Waals surface area contributed by atoms with Crippen molar-refractivity contribution in [2.75, 3.05) is 0 Å². The maximum absolute atomic E-state index is 6.02. The standard InChI is InChI=1S/C16H17BrN2OS/c1-16(2,3)11-5-4-6-12(9-11)20-14-13(10-17)19-7-8-21-15(19)18-14/h4-9H,10H2,1-3H3. The van der Waals surface area contributed by atoms with Gasteiger partial charge in [-0.05, 0) is 23.1 Å². The number of halogens is 1. The summed E-state index contributed by atoms with van der Waals surface area (Å²) in [6.07, 6.45) is 2.02. The van der Waals surface area contributed by atoms with Gasteiger partial charge in [-0.3, -0.25) is 4.40 Å². The van der Waals surface area contributed by atoms with E-state index in [1.165, 1.54) is 5.56 Å². The van der Waals surface area contributed by atoms with Crippen LogP contribution in [0.5, 0.6) is 11.6 Å². The molecule has 0 spiro atoms. The van der Waals surface area contributed by atoms with Crippen LogP contribution in [0.3, 0.4) is 0 Å². The van der Waals surface area contributed by atoms with Crippen molar-refractivity contribution in [2.24, 2.45) is 0 Å². The molecular weight excluding hydrogens is 348 g/mol. The first-order chi connectivity index (χ1) is 9.99. The van der Waals surface area contributed by atoms with Crippen molar-refractivity contribution in [2.45, 2.75) is 31.5 Å². The van der Waals surface area contributed by atoms with Gasteiger partial charge in [0.25, 0.3) is 0 Å². The lowest BCUT2D eigenvalue weighted by molar-refractivity contribution is 0.458. The topological polar surface area (TPSA) is 26.5 Å². The van der Waals surface area contributed by atoms with Crippen LogP contribution in [-0.2, 0) is 10.7 Å². The van der Waals surface area contributed by atoms with Gasteiger partial charge in [0.05, 0.1) is 5.69 Å². The highest BCUT2D eigenvalue weighted by molar-refractivity contribution is 9.08. The van der Waals surface area contributed by atoms with Gasteiger partial charge in [0.1, 0.15) is 5.75 Å². The number of hydrogen-bond acceptors (Lipinski definition) is 3. The first kappa shape index (κ1) is 14.6. The fourth-order valence-corrected chi connectivity index (χ4v) is 3.39. The summed E-state index contributed by atoms with van der Waals surface area (Å²) < 4.78 is 8.08. The average molecular weight is 365 g/mol. The Hall–Kier alpha value is -1.33. The minimum absolute atomic E-state index is 0.103. The Morgan fingerprint density at radius 1 is 1.33 bits per heavy atom. The molecule has 1 aromatic carbocycles. The minimum Gasteiger partial charge on any atom is -0.437 e. The van der Waals surface area contributed by atoms with Gasteiger partial charge in [-0.15, -0.1) is 11.3 Å². The average Bonchev–Trinajstić information content (AvgIpc) is 2.98. The highest BCUT2D eigenvalue weighted by Gasteiger charge is 2.17. The maximum Gasteiger partial charge on any atom is 0.243 e. The summed E-state index contributed by atoms with van der Waals surface area (Å²) in [4.78, 5) is 5.51. The van der Waals surface area contributed by atoms with Gasteiger partial charge >= 0.3 is 0 Å². The summed E-state index contributed by atoms with van der Waals surface area (Å²) in [5.74, 6) is 1.50. The number of imidazole rings is 1. The van der Waals surface area contributed by atoms with E-state index in [-0.39, 0.29) is 5.41 Å². The smallest absolute Gasteiger partial charge is 0.243 e. The van der Waals surface area contributed by atoms with Crippen LogP contribution in [0.4, 0.5) is 0 Å². The molecule has 0 radical (unpaired) electrons. The van der Waals surface area contributed by atoms with Gasteiger partial charge in [-0.1, -0.05) is 48.8 Å². The number of ether oxygens (including phenoxy) is 1. The largest absolute Gasteiger partial charge is 0.437 e. The minimum atomic E-state index is 0.103. The summed E-state index contributed by atoms with van der Waals surface area (Å²) in [5, 5.41) is 2.73. The molecule has 3 nitrogen and oxygen atoms in total. The lowest BCUT2D eigenvalue weighted by Gasteiger charge is -2.19. The van der Waals surface area contributed by atoms with Crippen LogP contribution in [0.2, 0.25) is 0 Å². The van der Waals surface area contributed by atoms with Crippen LogP contribution in [0.25, 0.3) is 4.96 Å². The Morgan fingerprint density at radius 3 is 2.86 bits per heavy atom. The molecule has 0 atom stereocenters. The van der Waals surface area contributed by atoms with Crippen molar-refractivity contribution in [3.05, 3.63) is 47.1 Å². The molecule has 0 amide bonds. The molecule has 0 saturated heterocycles. The SMILES string of the molecule is CC(C)(C)c1cccc(Oc2nc3sccn3c2CBr)c1. The fourth-order valence-electron chi connectivity index (χ4n) is 2.15. The van der Waals surface area contributed by atoms with Crippen LogP contribution in [0.15, 0.2) is 35.8 Å². The monoisotopic (exact) mass is 364 g/mol. The molecule has 2 heterocycles. The van der Waals surface area contributed by atoms with Crippen molar-refractivity contribution in [3.8, 4) is 11.6 Å². The van der Waals surface area contributed by atoms with Gasteiger partial charge in [0.15, 0.2) is 4.96 Å². The summed E-state index contributed by atoms with van der Waals surface area (Å²) >= 11 is 5.12. The van der Waals surface area contributed by atoms with Crippen LogP contribution < -0.4 is 4.74 Å². The third-order valence-corrected chi connectivity index (χ3v) is 4.65. The molecule has 5 heteroatoms. The Balaban J connectivity index is 1.97. The Bertz CT molecular complexity index is 770. The van der Waals surface area contributed by atoms with Gasteiger partial charge in [0, 0.05) is 16.9 Å². The van der Waals surface area contributed by atoms with E-state index in [1.54, 1.807) is 11.3 Å². The maximum atomic E-state index is 6.02. The summed E-state index contributed by atoms with van der Waals surface area (Å²) in [6.45, 7) is 6.59. The Labute approximate surface area is 136 Å². The number of benzene rings is 1. The molecule has 0 unspecified atom stereocenters. The van der Waals surface area contributed by atoms with Crippen molar-refractivity contribution in [1.29, 1.82) is 0 Å². The predicted octanol–water partition coefficient (Wildman–Crippen LogP) is 5.38. The van der Waals surface area contributed by atoms with Crippen molar-refractivity contribution in [3.63, 3.8) is 0 Å². The van der Waals surface area contributed by atoms with Gasteiger partial charge in [-0.2, -0.15) is 4.98 Å². The molecule has 110 valence electrons. The normalized spacial score (nSPS) is 12.0. The quantitative estimate of drug-likeness (QED) is 0.583. The van der Waals surface area contributed by atoms with E-state index in [9.17, 15) is 0 Å². The number of alkyl halides is 1. The third-order valence-electron chi connectivity index (χ3n) is 3.37. The third kappa shape index (κ3) is 2.85. The molecule has 2 aromatic heterocycles. The first-order valence-corrected chi connectivity index (χ1v) is 8.78. The number of hydrogen-bond donors (Lipinski definition) is 0. The highest BCUT2D eigenvalue weighted by Crippen LogP contribution is 2.31. The van der Waals surface area contributed by atoms with E-state index < -0.39 is 0 Å². The second-order valence-electron chi connectivity index (χ2n) is 5.93. The molecule has 0 fully saturated rings. The second kappa shape index (κ2) is 5.46. The highest BCUT2D eigenvalue weighted by atomic mass is 79.9. The zero-order valence-corrected chi connectivity index (χ0v) is 14.7. The second-order valence-corrected chi connectivity index (χ2v) is 7.37. The lowest BCUT2D eigenvalue weighted by Crippen LogP contribution is -2.10. The Morgan fingerprint density at radius 2 is 2.14 bits per heavy atom. The predicted molar refractivity (Wildman–Crippen MR) is 90.9 cm³/mol. The fraction of sp³-hybridized carbons (Fsp3) is 0.312. The van der Waals surface area contributed by atoms with Crippen molar-refractivity contribution in [1.82, 2.24) is 9.38 Å². The van der Waals surface area contributed by atoms with Crippen LogP contribution in [-0.4, -0.2) is 9.38 Å². The van der Waals surface area contributed by atoms with E-state index in [0.717, 1.165) is 16.4 Å². The van der Waals surface area contributed by atoms with E-state index in [1.807, 2.05) is 23.7 Å². The Kier molecular flexibility index (Phi) is 3.80. The molecule has 0 saturated carbocycles. The first-order valence-electron chi connectivity index (χ1n) is 6.78. The van der Waals surface area contributed by atoms with Crippen molar-refractivity contribution < 1.29 is 4.74 Å². The number of nitrogens with zero attached hydrogens (tertiary/aromatic N) is 2. The van der Waals surface area contributed by atoms with E-state index in [2.05, 4.69) is 58.2 Å². The van der Waals surface area contributed by atoms with E-state index in [4.69, 9.17) is 4.74 Å². The zero-order valence-electron chi connectivity index (χ0n) is 12.3. The van der Waals surface area contributed by atoms with Crippen LogP contribution in [0.1, 0.15) is 32.0 Å². The number of aromatic nitrogens is 2. The number of rotatable bonds is 3. The molecular formula is C16H17BrN2OS. The van der Waals surface area contributed by atoms with Crippen LogP contribution in [0, 0.1) is 0 Å². The van der Waals surface area contributed by atoms with E-state index >= 15 is 0 Å². The van der Waals surface area contributed by atoms with E-state index in [0.29, 0.717) is 11.2 Å². The van der Waals surface area contributed by atoms with Gasteiger partial charge < -0.3 is 4.74 Å². The van der Waals surface area contributed by atoms with Crippen LogP contribution >= 0.6 is 27.3 Å². The molecule has 0 aliphatic carbocycles. The zero-order chi connectivity index (χ0) is 15.0. The molecule has 3 rings (SSSR count). The molecule has 0 bridgehead atoms. The van der Waals surface area contributed by atoms with Gasteiger partial charge in [-0.25, -0.2) is 0 Å². The molecule has 0 aliphatic heterocycles. The molecule has 3 aromatic rings. The molecule has 0 aliphatic rings. The molecule has 0 N–H and O–H groups in total. The summed E-state index contributed by atoms with van der Waals surface area (Å²) in [6, 6.07) is 8.22. The number of thiazole rings is 1. The van der Waals surface area contributed by atoms with Crippen molar-refractivity contribution >= 4 is 32.2 Å². The van der Waals surface area contributed by atoms with Gasteiger partial charge in [0.2, 0.25) is 5.88 Å². The summed E-state index contributed by atoms with van der Waals surface area (Å²) in [5.41, 5.74) is 2.39.